The van der Waals surface area contributed by atoms with Crippen LogP contribution in [0.2, 0.25) is 0 Å². The van der Waals surface area contributed by atoms with Gasteiger partial charge in [0.15, 0.2) is 11.4 Å². The second kappa shape index (κ2) is 9.03. The molecule has 32 heavy (non-hydrogen) atoms. The van der Waals surface area contributed by atoms with Gasteiger partial charge in [0.2, 0.25) is 10.0 Å². The molecule has 4 rings (SSSR count). The molecule has 1 aliphatic rings. The van der Waals surface area contributed by atoms with Gasteiger partial charge in [0, 0.05) is 11.8 Å². The highest BCUT2D eigenvalue weighted by atomic mass is 32.2. The number of fused-ring (bicyclic) bond motifs is 1. The SMILES string of the molecule is O=C(C[NH+]1CCN(S(=O)(=O)c2ccccc2[N+](=O)[O-])CC1)Nc1ccc2ccccc2c1. The summed E-state index contributed by atoms with van der Waals surface area (Å²) in [5.74, 6) is -0.148. The van der Waals surface area contributed by atoms with Gasteiger partial charge in [-0.05, 0) is 29.0 Å². The Morgan fingerprint density at radius 1 is 1.00 bits per heavy atom. The molecule has 166 valence electrons. The number of carbonyl (C=O) groups is 1. The molecular weight excluding hydrogens is 432 g/mol. The third kappa shape index (κ3) is 4.62. The molecule has 0 atom stereocenters. The van der Waals surface area contributed by atoms with E-state index in [-0.39, 0.29) is 30.4 Å². The Labute approximate surface area is 185 Å². The van der Waals surface area contributed by atoms with Crippen LogP contribution in [0, 0.1) is 10.1 Å². The van der Waals surface area contributed by atoms with Crippen LogP contribution in [0.5, 0.6) is 0 Å². The summed E-state index contributed by atoms with van der Waals surface area (Å²) in [6, 6.07) is 18.9. The third-order valence-electron chi connectivity index (χ3n) is 5.55. The van der Waals surface area contributed by atoms with Crippen molar-refractivity contribution >= 4 is 38.1 Å². The van der Waals surface area contributed by atoms with Gasteiger partial charge in [-0.1, -0.05) is 42.5 Å². The van der Waals surface area contributed by atoms with Crippen molar-refractivity contribution in [2.75, 3.05) is 38.0 Å². The maximum Gasteiger partial charge on any atom is 0.289 e. The predicted molar refractivity (Wildman–Crippen MR) is 120 cm³/mol. The second-order valence-electron chi connectivity index (χ2n) is 7.67. The lowest BCUT2D eigenvalue weighted by Crippen LogP contribution is -3.15. The number of quaternary nitrogens is 1. The number of amides is 1. The first-order valence-electron chi connectivity index (χ1n) is 10.2. The number of nitrogens with one attached hydrogen (secondary N) is 2. The lowest BCUT2D eigenvalue weighted by atomic mass is 10.1. The molecule has 1 amide bonds. The van der Waals surface area contributed by atoms with Gasteiger partial charge in [0.1, 0.15) is 0 Å². The fourth-order valence-corrected chi connectivity index (χ4v) is 5.48. The molecule has 2 N–H and O–H groups in total. The summed E-state index contributed by atoms with van der Waals surface area (Å²) < 4.78 is 27.1. The summed E-state index contributed by atoms with van der Waals surface area (Å²) in [5.41, 5.74) is 0.280. The van der Waals surface area contributed by atoms with Gasteiger partial charge >= 0.3 is 0 Å². The molecule has 0 aromatic heterocycles. The molecule has 0 unspecified atom stereocenters. The van der Waals surface area contributed by atoms with Crippen LogP contribution in [0.4, 0.5) is 11.4 Å². The van der Waals surface area contributed by atoms with Gasteiger partial charge in [0.25, 0.3) is 11.6 Å². The molecule has 0 aliphatic carbocycles. The van der Waals surface area contributed by atoms with E-state index in [4.69, 9.17) is 0 Å². The van der Waals surface area contributed by atoms with Crippen molar-refractivity contribution in [3.8, 4) is 0 Å². The standard InChI is InChI=1S/C22H22N4O5S/c27-22(23-19-10-9-17-5-1-2-6-18(17)15-19)16-24-11-13-25(14-12-24)32(30,31)21-8-4-3-7-20(21)26(28)29/h1-10,15H,11-14,16H2,(H,23,27)/p+1. The number of rotatable bonds is 6. The van der Waals surface area contributed by atoms with E-state index in [2.05, 4.69) is 5.32 Å². The zero-order valence-corrected chi connectivity index (χ0v) is 18.0. The van der Waals surface area contributed by atoms with Crippen molar-refractivity contribution in [1.29, 1.82) is 0 Å². The van der Waals surface area contributed by atoms with E-state index in [1.54, 1.807) is 0 Å². The highest BCUT2D eigenvalue weighted by Crippen LogP contribution is 2.26. The first-order chi connectivity index (χ1) is 15.3. The minimum atomic E-state index is -3.98. The van der Waals surface area contributed by atoms with Crippen LogP contribution in [-0.2, 0) is 14.8 Å². The van der Waals surface area contributed by atoms with Gasteiger partial charge in [-0.25, -0.2) is 8.42 Å². The lowest BCUT2D eigenvalue weighted by molar-refractivity contribution is -0.895. The second-order valence-corrected chi connectivity index (χ2v) is 9.57. The van der Waals surface area contributed by atoms with E-state index in [9.17, 15) is 23.3 Å². The lowest BCUT2D eigenvalue weighted by Gasteiger charge is -2.31. The fraction of sp³-hybridized carbons (Fsp3) is 0.227. The summed E-state index contributed by atoms with van der Waals surface area (Å²) in [7, 11) is -3.98. The maximum atomic E-state index is 12.9. The van der Waals surface area contributed by atoms with Crippen LogP contribution < -0.4 is 10.2 Å². The summed E-state index contributed by atoms with van der Waals surface area (Å²) in [6.07, 6.45) is 0. The minimum absolute atomic E-state index is 0.148. The normalized spacial score (nSPS) is 15.5. The molecular formula is C22H23N4O5S+. The number of carbonyl (C=O) groups excluding carboxylic acids is 1. The number of nitro groups is 1. The topological polar surface area (TPSA) is 114 Å². The molecule has 1 aliphatic heterocycles. The van der Waals surface area contributed by atoms with E-state index in [1.807, 2.05) is 42.5 Å². The van der Waals surface area contributed by atoms with Crippen molar-refractivity contribution in [1.82, 2.24) is 4.31 Å². The Hall–Kier alpha value is -3.34. The first kappa shape index (κ1) is 21.9. The van der Waals surface area contributed by atoms with Crippen LogP contribution in [0.15, 0.2) is 71.6 Å². The van der Waals surface area contributed by atoms with E-state index < -0.39 is 20.6 Å². The molecule has 9 nitrogen and oxygen atoms in total. The van der Waals surface area contributed by atoms with Crippen molar-refractivity contribution in [2.45, 2.75) is 4.90 Å². The Morgan fingerprint density at radius 3 is 2.38 bits per heavy atom. The molecule has 1 saturated heterocycles. The molecule has 0 bridgehead atoms. The first-order valence-corrected chi connectivity index (χ1v) is 11.6. The molecule has 1 heterocycles. The summed E-state index contributed by atoms with van der Waals surface area (Å²) >= 11 is 0. The van der Waals surface area contributed by atoms with Gasteiger partial charge in [-0.3, -0.25) is 14.9 Å². The Kier molecular flexibility index (Phi) is 6.17. The zero-order valence-electron chi connectivity index (χ0n) is 17.2. The maximum absolute atomic E-state index is 12.9. The number of hydrogen-bond acceptors (Lipinski definition) is 5. The van der Waals surface area contributed by atoms with Crippen LogP contribution in [-0.4, -0.2) is 56.3 Å². The highest BCUT2D eigenvalue weighted by Gasteiger charge is 2.35. The number of benzene rings is 3. The number of para-hydroxylation sites is 1. The summed E-state index contributed by atoms with van der Waals surface area (Å²) in [6.45, 7) is 1.46. The predicted octanol–water partition coefficient (Wildman–Crippen LogP) is 1.28. The van der Waals surface area contributed by atoms with E-state index in [0.717, 1.165) is 15.7 Å². The highest BCUT2D eigenvalue weighted by molar-refractivity contribution is 7.89. The summed E-state index contributed by atoms with van der Waals surface area (Å²) in [4.78, 5) is 23.7. The van der Waals surface area contributed by atoms with Crippen LogP contribution in [0.3, 0.4) is 0 Å². The number of nitrogens with zero attached hydrogens (tertiary/aromatic N) is 2. The number of sulfonamides is 1. The van der Waals surface area contributed by atoms with E-state index in [0.29, 0.717) is 18.8 Å². The fourth-order valence-electron chi connectivity index (χ4n) is 3.88. The monoisotopic (exact) mass is 455 g/mol. The molecule has 0 saturated carbocycles. The average Bonchev–Trinajstić information content (AvgIpc) is 2.79. The minimum Gasteiger partial charge on any atom is -0.325 e. The molecule has 1 fully saturated rings. The molecule has 3 aromatic rings. The number of anilines is 1. The zero-order chi connectivity index (χ0) is 22.7. The van der Waals surface area contributed by atoms with Gasteiger partial charge in [-0.2, -0.15) is 4.31 Å². The quantitative estimate of drug-likeness (QED) is 0.429. The average molecular weight is 456 g/mol. The van der Waals surface area contributed by atoms with E-state index in [1.165, 1.54) is 28.6 Å². The summed E-state index contributed by atoms with van der Waals surface area (Å²) in [5, 5.41) is 16.2. The Bertz CT molecular complexity index is 1270. The molecule has 10 heteroatoms. The third-order valence-corrected chi connectivity index (χ3v) is 7.50. The Morgan fingerprint density at radius 2 is 1.66 bits per heavy atom. The molecule has 0 radical (unpaired) electrons. The van der Waals surface area contributed by atoms with Gasteiger partial charge in [-0.15, -0.1) is 0 Å². The van der Waals surface area contributed by atoms with E-state index >= 15 is 0 Å². The number of piperazine rings is 1. The molecule has 0 spiro atoms. The van der Waals surface area contributed by atoms with Crippen LogP contribution in [0.1, 0.15) is 0 Å². The number of hydrogen-bond donors (Lipinski definition) is 2. The van der Waals surface area contributed by atoms with Crippen molar-refractivity contribution in [3.05, 3.63) is 76.8 Å². The number of nitro benzene ring substituents is 1. The van der Waals surface area contributed by atoms with Crippen LogP contribution in [0.25, 0.3) is 10.8 Å². The molecule has 3 aromatic carbocycles. The Balaban J connectivity index is 1.36. The van der Waals surface area contributed by atoms with Crippen LogP contribution >= 0.6 is 0 Å². The smallest absolute Gasteiger partial charge is 0.289 e. The van der Waals surface area contributed by atoms with Crippen molar-refractivity contribution < 1.29 is 23.0 Å². The van der Waals surface area contributed by atoms with Gasteiger partial charge < -0.3 is 10.2 Å². The van der Waals surface area contributed by atoms with Gasteiger partial charge in [0.05, 0.1) is 31.1 Å². The van der Waals surface area contributed by atoms with Crippen molar-refractivity contribution in [2.24, 2.45) is 0 Å². The largest absolute Gasteiger partial charge is 0.325 e. The van der Waals surface area contributed by atoms with Crippen molar-refractivity contribution in [3.63, 3.8) is 0 Å².